The molecule has 1 aromatic heterocycles. The minimum absolute atomic E-state index is 0.0389. The molecule has 0 aliphatic rings. The standard InChI is InChI=1S/C13H10N2O5/c1-3-4-12(19-8(2)16)10-5-9-7-14-20-13(9)6-11(10)15(17)18/h1,5-7,12H,4H2,2H3. The number of hydrogen-bond donors (Lipinski definition) is 0. The molecule has 0 N–H and O–H groups in total. The Morgan fingerprint density at radius 1 is 1.65 bits per heavy atom. The smallest absolute Gasteiger partial charge is 0.303 e. The minimum Gasteiger partial charge on any atom is -0.456 e. The molecule has 0 amide bonds. The maximum absolute atomic E-state index is 11.1. The molecule has 0 aliphatic heterocycles. The van der Waals surface area contributed by atoms with Gasteiger partial charge in [0.05, 0.1) is 29.2 Å². The number of nitrogens with zero attached hydrogens (tertiary/aromatic N) is 2. The summed E-state index contributed by atoms with van der Waals surface area (Å²) in [6.45, 7) is 1.22. The Morgan fingerprint density at radius 3 is 3.00 bits per heavy atom. The fourth-order valence-electron chi connectivity index (χ4n) is 1.86. The number of esters is 1. The topological polar surface area (TPSA) is 95.5 Å². The summed E-state index contributed by atoms with van der Waals surface area (Å²) in [5, 5.41) is 15.3. The first kappa shape index (κ1) is 13.5. The Kier molecular flexibility index (Phi) is 3.66. The molecule has 0 fully saturated rings. The van der Waals surface area contributed by atoms with Crippen LogP contribution in [0.25, 0.3) is 11.0 Å². The fraction of sp³-hybridized carbons (Fsp3) is 0.231. The van der Waals surface area contributed by atoms with Crippen molar-refractivity contribution in [2.45, 2.75) is 19.4 Å². The van der Waals surface area contributed by atoms with Crippen molar-refractivity contribution in [3.8, 4) is 12.3 Å². The molecule has 2 aromatic rings. The van der Waals surface area contributed by atoms with Crippen molar-refractivity contribution in [1.29, 1.82) is 0 Å². The number of carbonyl (C=O) groups excluding carboxylic acids is 1. The highest BCUT2D eigenvalue weighted by atomic mass is 16.6. The maximum atomic E-state index is 11.1. The van der Waals surface area contributed by atoms with Gasteiger partial charge in [-0.2, -0.15) is 0 Å². The molecule has 7 nitrogen and oxygen atoms in total. The summed E-state index contributed by atoms with van der Waals surface area (Å²) >= 11 is 0. The molecular weight excluding hydrogens is 264 g/mol. The van der Waals surface area contributed by atoms with Crippen molar-refractivity contribution in [2.75, 3.05) is 0 Å². The highest BCUT2D eigenvalue weighted by molar-refractivity contribution is 5.80. The molecule has 1 heterocycles. The van der Waals surface area contributed by atoms with E-state index >= 15 is 0 Å². The number of terminal acetylenes is 1. The molecule has 0 saturated heterocycles. The number of rotatable bonds is 4. The third-order valence-corrected chi connectivity index (χ3v) is 2.66. The van der Waals surface area contributed by atoms with Crippen LogP contribution in [0.3, 0.4) is 0 Å². The van der Waals surface area contributed by atoms with Gasteiger partial charge in [-0.3, -0.25) is 14.9 Å². The predicted octanol–water partition coefficient (Wildman–Crippen LogP) is 2.36. The average molecular weight is 274 g/mol. The molecule has 2 rings (SSSR count). The quantitative estimate of drug-likeness (QED) is 0.367. The van der Waals surface area contributed by atoms with Gasteiger partial charge in [-0.25, -0.2) is 0 Å². The second-order valence-corrected chi connectivity index (χ2v) is 4.04. The number of ether oxygens (including phenoxy) is 1. The first-order chi connectivity index (χ1) is 9.52. The molecule has 1 aromatic carbocycles. The van der Waals surface area contributed by atoms with Gasteiger partial charge >= 0.3 is 5.97 Å². The third kappa shape index (κ3) is 2.59. The molecule has 20 heavy (non-hydrogen) atoms. The van der Waals surface area contributed by atoms with E-state index in [4.69, 9.17) is 15.7 Å². The molecule has 0 bridgehead atoms. The molecule has 102 valence electrons. The van der Waals surface area contributed by atoms with Crippen LogP contribution in [0.5, 0.6) is 0 Å². The van der Waals surface area contributed by atoms with E-state index in [1.165, 1.54) is 25.3 Å². The van der Waals surface area contributed by atoms with Gasteiger partial charge in [0, 0.05) is 12.3 Å². The van der Waals surface area contributed by atoms with Crippen molar-refractivity contribution in [3.05, 3.63) is 34.0 Å². The van der Waals surface area contributed by atoms with E-state index in [9.17, 15) is 14.9 Å². The van der Waals surface area contributed by atoms with Crippen LogP contribution in [0.2, 0.25) is 0 Å². The largest absolute Gasteiger partial charge is 0.456 e. The van der Waals surface area contributed by atoms with Crippen molar-refractivity contribution in [3.63, 3.8) is 0 Å². The van der Waals surface area contributed by atoms with Crippen LogP contribution in [0.1, 0.15) is 25.0 Å². The monoisotopic (exact) mass is 274 g/mol. The van der Waals surface area contributed by atoms with E-state index in [0.717, 1.165) is 0 Å². The Balaban J connectivity index is 2.58. The summed E-state index contributed by atoms with van der Waals surface area (Å²) in [4.78, 5) is 21.7. The number of nitro groups is 1. The SMILES string of the molecule is C#CCC(OC(C)=O)c1cc2cnoc2cc1[N+](=O)[O-]. The first-order valence-electron chi connectivity index (χ1n) is 5.66. The summed E-state index contributed by atoms with van der Waals surface area (Å²) in [6, 6.07) is 2.74. The number of nitro benzene ring substituents is 1. The normalized spacial score (nSPS) is 11.8. The van der Waals surface area contributed by atoms with E-state index < -0.39 is 17.0 Å². The lowest BCUT2D eigenvalue weighted by Crippen LogP contribution is -2.10. The number of fused-ring (bicyclic) bond motifs is 1. The number of hydrogen-bond acceptors (Lipinski definition) is 6. The molecule has 0 spiro atoms. The van der Waals surface area contributed by atoms with Crippen molar-refractivity contribution in [1.82, 2.24) is 5.16 Å². The molecule has 1 atom stereocenters. The Hall–Kier alpha value is -2.88. The van der Waals surface area contributed by atoms with Gasteiger partial charge < -0.3 is 9.26 Å². The zero-order valence-corrected chi connectivity index (χ0v) is 10.5. The van der Waals surface area contributed by atoms with Crippen molar-refractivity contribution >= 4 is 22.6 Å². The molecule has 1 unspecified atom stereocenters. The second-order valence-electron chi connectivity index (χ2n) is 4.04. The van der Waals surface area contributed by atoms with E-state index in [1.54, 1.807) is 0 Å². The van der Waals surface area contributed by atoms with Gasteiger partial charge in [0.1, 0.15) is 6.10 Å². The van der Waals surface area contributed by atoms with Crippen molar-refractivity contribution in [2.24, 2.45) is 0 Å². The number of benzene rings is 1. The van der Waals surface area contributed by atoms with E-state index in [-0.39, 0.29) is 23.3 Å². The Morgan fingerprint density at radius 2 is 2.40 bits per heavy atom. The summed E-state index contributed by atoms with van der Waals surface area (Å²) in [6.07, 6.45) is 5.80. The van der Waals surface area contributed by atoms with Crippen LogP contribution in [-0.4, -0.2) is 16.0 Å². The summed E-state index contributed by atoms with van der Waals surface area (Å²) in [5.74, 6) is 1.78. The second kappa shape index (κ2) is 5.40. The lowest BCUT2D eigenvalue weighted by Gasteiger charge is -2.14. The number of aromatic nitrogens is 1. The van der Waals surface area contributed by atoms with E-state index in [2.05, 4.69) is 11.1 Å². The fourth-order valence-corrected chi connectivity index (χ4v) is 1.86. The summed E-state index contributed by atoms with van der Waals surface area (Å²) < 4.78 is 9.94. The van der Waals surface area contributed by atoms with Crippen molar-refractivity contribution < 1.29 is 19.0 Å². The van der Waals surface area contributed by atoms with Gasteiger partial charge in [0.15, 0.2) is 5.58 Å². The number of carbonyl (C=O) groups is 1. The minimum atomic E-state index is -0.878. The molecule has 0 aliphatic carbocycles. The van der Waals surface area contributed by atoms with Gasteiger partial charge in [-0.1, -0.05) is 5.16 Å². The lowest BCUT2D eigenvalue weighted by molar-refractivity contribution is -0.386. The summed E-state index contributed by atoms with van der Waals surface area (Å²) in [5.41, 5.74) is 0.275. The van der Waals surface area contributed by atoms with Crippen LogP contribution in [0.4, 0.5) is 5.69 Å². The van der Waals surface area contributed by atoms with Gasteiger partial charge in [-0.05, 0) is 6.07 Å². The van der Waals surface area contributed by atoms with Gasteiger partial charge in [0.25, 0.3) is 5.69 Å². The van der Waals surface area contributed by atoms with E-state index in [1.807, 2.05) is 0 Å². The van der Waals surface area contributed by atoms with Crippen LogP contribution in [0.15, 0.2) is 22.9 Å². The summed E-state index contributed by atoms with van der Waals surface area (Å²) in [7, 11) is 0. The van der Waals surface area contributed by atoms with Crippen LogP contribution in [0, 0.1) is 22.5 Å². The maximum Gasteiger partial charge on any atom is 0.303 e. The molecule has 0 radical (unpaired) electrons. The Bertz CT molecular complexity index is 713. The highest BCUT2D eigenvalue weighted by Crippen LogP contribution is 2.33. The van der Waals surface area contributed by atoms with Gasteiger partial charge in [0.2, 0.25) is 0 Å². The zero-order valence-electron chi connectivity index (χ0n) is 10.5. The van der Waals surface area contributed by atoms with Crippen LogP contribution < -0.4 is 0 Å². The predicted molar refractivity (Wildman–Crippen MR) is 68.6 cm³/mol. The lowest BCUT2D eigenvalue weighted by atomic mass is 10.0. The molecule has 0 saturated carbocycles. The average Bonchev–Trinajstić information content (AvgIpc) is 2.83. The highest BCUT2D eigenvalue weighted by Gasteiger charge is 2.26. The molecule has 7 heteroatoms. The first-order valence-corrected chi connectivity index (χ1v) is 5.66. The van der Waals surface area contributed by atoms with E-state index in [0.29, 0.717) is 5.39 Å². The van der Waals surface area contributed by atoms with Crippen LogP contribution >= 0.6 is 0 Å². The zero-order chi connectivity index (χ0) is 14.7. The van der Waals surface area contributed by atoms with Crippen LogP contribution in [-0.2, 0) is 9.53 Å². The third-order valence-electron chi connectivity index (χ3n) is 2.66. The van der Waals surface area contributed by atoms with Gasteiger partial charge in [-0.15, -0.1) is 12.3 Å². The molecular formula is C13H10N2O5. The Labute approximate surface area is 113 Å².